The maximum absolute atomic E-state index is 11.8. The van der Waals surface area contributed by atoms with Crippen molar-refractivity contribution in [3.63, 3.8) is 0 Å². The van der Waals surface area contributed by atoms with E-state index in [1.54, 1.807) is 6.07 Å². The second-order valence-corrected chi connectivity index (χ2v) is 4.11. The van der Waals surface area contributed by atoms with E-state index >= 15 is 0 Å². The lowest BCUT2D eigenvalue weighted by Gasteiger charge is -2.05. The van der Waals surface area contributed by atoms with Gasteiger partial charge in [-0.05, 0) is 18.6 Å². The predicted octanol–water partition coefficient (Wildman–Crippen LogP) is 1.61. The molecule has 0 radical (unpaired) electrons. The van der Waals surface area contributed by atoms with Crippen molar-refractivity contribution in [1.82, 2.24) is 10.3 Å². The predicted molar refractivity (Wildman–Crippen MR) is 69.4 cm³/mol. The molecule has 0 saturated heterocycles. The highest BCUT2D eigenvalue weighted by Gasteiger charge is 2.05. The molecule has 18 heavy (non-hydrogen) atoms. The van der Waals surface area contributed by atoms with Crippen molar-refractivity contribution in [3.05, 3.63) is 69.6 Å². The molecule has 0 saturated carbocycles. The molecule has 2 aromatic rings. The molecule has 92 valence electrons. The maximum atomic E-state index is 11.8. The van der Waals surface area contributed by atoms with E-state index in [1.165, 1.54) is 17.8 Å². The smallest absolute Gasteiger partial charge is 0.251 e. The van der Waals surface area contributed by atoms with Crippen LogP contribution >= 0.6 is 0 Å². The Morgan fingerprint density at radius 2 is 1.94 bits per heavy atom. The lowest BCUT2D eigenvalue weighted by molar-refractivity contribution is 0.0950. The van der Waals surface area contributed by atoms with Crippen LogP contribution in [0.1, 0.15) is 21.5 Å². The molecule has 0 atom stereocenters. The third kappa shape index (κ3) is 3.07. The molecule has 2 N–H and O–H groups in total. The van der Waals surface area contributed by atoms with Crippen LogP contribution in [-0.2, 0) is 6.54 Å². The van der Waals surface area contributed by atoms with Crippen LogP contribution in [0.4, 0.5) is 0 Å². The van der Waals surface area contributed by atoms with Crippen LogP contribution in [0.25, 0.3) is 0 Å². The second-order valence-electron chi connectivity index (χ2n) is 4.11. The number of H-pyrrole nitrogens is 1. The summed E-state index contributed by atoms with van der Waals surface area (Å²) in [5, 5.41) is 2.77. The number of pyridine rings is 1. The molecule has 0 bridgehead atoms. The number of carbonyl (C=O) groups is 1. The summed E-state index contributed by atoms with van der Waals surface area (Å²) in [6.07, 6.45) is 1.46. The van der Waals surface area contributed by atoms with Crippen molar-refractivity contribution in [2.45, 2.75) is 13.5 Å². The molecule has 0 aliphatic heterocycles. The van der Waals surface area contributed by atoms with Gasteiger partial charge in [-0.1, -0.05) is 29.8 Å². The van der Waals surface area contributed by atoms with Gasteiger partial charge in [-0.3, -0.25) is 9.59 Å². The number of hydrogen-bond donors (Lipinski definition) is 2. The minimum Gasteiger partial charge on any atom is -0.348 e. The minimum absolute atomic E-state index is 0.248. The van der Waals surface area contributed by atoms with Crippen LogP contribution in [0, 0.1) is 6.92 Å². The lowest BCUT2D eigenvalue weighted by Crippen LogP contribution is -2.24. The average molecular weight is 242 g/mol. The highest BCUT2D eigenvalue weighted by Crippen LogP contribution is 2.03. The SMILES string of the molecule is Cc1ccc(CNC(=O)c2cc[nH]c(=O)c2)cc1. The maximum Gasteiger partial charge on any atom is 0.251 e. The van der Waals surface area contributed by atoms with Crippen molar-refractivity contribution in [2.75, 3.05) is 0 Å². The molecule has 4 nitrogen and oxygen atoms in total. The van der Waals surface area contributed by atoms with Gasteiger partial charge >= 0.3 is 0 Å². The quantitative estimate of drug-likeness (QED) is 0.859. The van der Waals surface area contributed by atoms with Gasteiger partial charge in [0, 0.05) is 24.4 Å². The summed E-state index contributed by atoms with van der Waals surface area (Å²) < 4.78 is 0. The molecule has 0 aliphatic rings. The monoisotopic (exact) mass is 242 g/mol. The summed E-state index contributed by atoms with van der Waals surface area (Å²) in [6.45, 7) is 2.46. The Hall–Kier alpha value is -2.36. The van der Waals surface area contributed by atoms with Gasteiger partial charge in [-0.15, -0.1) is 0 Å². The van der Waals surface area contributed by atoms with Crippen LogP contribution in [-0.4, -0.2) is 10.9 Å². The Kier molecular flexibility index (Phi) is 3.57. The summed E-state index contributed by atoms with van der Waals surface area (Å²) in [6, 6.07) is 10.8. The molecule has 0 spiro atoms. The molecule has 1 aromatic heterocycles. The third-order valence-electron chi connectivity index (χ3n) is 2.61. The highest BCUT2D eigenvalue weighted by molar-refractivity contribution is 5.93. The van der Waals surface area contributed by atoms with Gasteiger partial charge in [-0.2, -0.15) is 0 Å². The lowest BCUT2D eigenvalue weighted by atomic mass is 10.1. The molecule has 4 heteroatoms. The topological polar surface area (TPSA) is 62.0 Å². The van der Waals surface area contributed by atoms with Gasteiger partial charge in [0.1, 0.15) is 0 Å². The van der Waals surface area contributed by atoms with E-state index in [-0.39, 0.29) is 11.5 Å². The molecule has 1 aromatic carbocycles. The van der Waals surface area contributed by atoms with Gasteiger partial charge in [0.25, 0.3) is 5.91 Å². The van der Waals surface area contributed by atoms with E-state index in [0.717, 1.165) is 5.56 Å². The van der Waals surface area contributed by atoms with E-state index < -0.39 is 0 Å². The number of rotatable bonds is 3. The number of amides is 1. The number of aromatic amines is 1. The van der Waals surface area contributed by atoms with Gasteiger partial charge in [0.15, 0.2) is 0 Å². The van der Waals surface area contributed by atoms with Crippen LogP contribution in [0.2, 0.25) is 0 Å². The normalized spacial score (nSPS) is 10.1. The molecule has 0 fully saturated rings. The van der Waals surface area contributed by atoms with Gasteiger partial charge in [0.2, 0.25) is 5.56 Å². The summed E-state index contributed by atoms with van der Waals surface area (Å²) in [5.74, 6) is -0.248. The zero-order valence-corrected chi connectivity index (χ0v) is 10.1. The fraction of sp³-hybridized carbons (Fsp3) is 0.143. The molecule has 2 rings (SSSR count). The molecular weight excluding hydrogens is 228 g/mol. The van der Waals surface area contributed by atoms with Crippen LogP contribution in [0.15, 0.2) is 47.4 Å². The van der Waals surface area contributed by atoms with Crippen LogP contribution in [0.5, 0.6) is 0 Å². The Morgan fingerprint density at radius 3 is 2.61 bits per heavy atom. The Labute approximate surface area is 105 Å². The minimum atomic E-state index is -0.280. The molecule has 1 heterocycles. The fourth-order valence-corrected chi connectivity index (χ4v) is 1.58. The molecule has 1 amide bonds. The van der Waals surface area contributed by atoms with Gasteiger partial charge in [-0.25, -0.2) is 0 Å². The summed E-state index contributed by atoms with van der Waals surface area (Å²) in [5.41, 5.74) is 2.29. The standard InChI is InChI=1S/C14H14N2O2/c1-10-2-4-11(5-3-10)9-16-14(18)12-6-7-15-13(17)8-12/h2-8H,9H2,1H3,(H,15,17)(H,16,18). The average Bonchev–Trinajstić information content (AvgIpc) is 2.38. The number of aromatic nitrogens is 1. The van der Waals surface area contributed by atoms with E-state index in [4.69, 9.17) is 0 Å². The summed E-state index contributed by atoms with van der Waals surface area (Å²) >= 11 is 0. The Balaban J connectivity index is 2.00. The van der Waals surface area contributed by atoms with Gasteiger partial charge in [0.05, 0.1) is 0 Å². The Morgan fingerprint density at radius 1 is 1.22 bits per heavy atom. The summed E-state index contributed by atoms with van der Waals surface area (Å²) in [4.78, 5) is 25.3. The van der Waals surface area contributed by atoms with Crippen LogP contribution in [0.3, 0.4) is 0 Å². The molecular formula is C14H14N2O2. The van der Waals surface area contributed by atoms with Gasteiger partial charge < -0.3 is 10.3 Å². The molecule has 0 aliphatic carbocycles. The fourth-order valence-electron chi connectivity index (χ4n) is 1.58. The molecule has 0 unspecified atom stereocenters. The van der Waals surface area contributed by atoms with Crippen molar-refractivity contribution in [2.24, 2.45) is 0 Å². The van der Waals surface area contributed by atoms with Crippen molar-refractivity contribution >= 4 is 5.91 Å². The van der Waals surface area contributed by atoms with Crippen LogP contribution < -0.4 is 10.9 Å². The number of carbonyl (C=O) groups excluding carboxylic acids is 1. The zero-order chi connectivity index (χ0) is 13.0. The largest absolute Gasteiger partial charge is 0.348 e. The Bertz CT molecular complexity index is 600. The third-order valence-corrected chi connectivity index (χ3v) is 2.61. The number of benzene rings is 1. The van der Waals surface area contributed by atoms with E-state index in [2.05, 4.69) is 10.3 Å². The van der Waals surface area contributed by atoms with E-state index in [1.807, 2.05) is 31.2 Å². The van der Waals surface area contributed by atoms with Crippen molar-refractivity contribution in [1.29, 1.82) is 0 Å². The first kappa shape index (κ1) is 12.1. The first-order valence-electron chi connectivity index (χ1n) is 5.67. The van der Waals surface area contributed by atoms with E-state index in [9.17, 15) is 9.59 Å². The number of nitrogens with one attached hydrogen (secondary N) is 2. The highest BCUT2D eigenvalue weighted by atomic mass is 16.2. The number of hydrogen-bond acceptors (Lipinski definition) is 2. The first-order chi connectivity index (χ1) is 8.65. The number of aryl methyl sites for hydroxylation is 1. The first-order valence-corrected chi connectivity index (χ1v) is 5.67. The van der Waals surface area contributed by atoms with Crippen molar-refractivity contribution < 1.29 is 4.79 Å². The second kappa shape index (κ2) is 5.31. The summed E-state index contributed by atoms with van der Waals surface area (Å²) in [7, 11) is 0. The zero-order valence-electron chi connectivity index (χ0n) is 10.1. The van der Waals surface area contributed by atoms with E-state index in [0.29, 0.717) is 12.1 Å². The van der Waals surface area contributed by atoms with Crippen molar-refractivity contribution in [3.8, 4) is 0 Å².